The lowest BCUT2D eigenvalue weighted by molar-refractivity contribution is -0.152. The fraction of sp³-hybridized carbons (Fsp3) is 0.556. The van der Waals surface area contributed by atoms with E-state index in [1.807, 2.05) is 78.9 Å². The van der Waals surface area contributed by atoms with Crippen LogP contribution < -0.4 is 14.8 Å². The number of ether oxygens (including phenoxy) is 4. The van der Waals surface area contributed by atoms with Crippen LogP contribution in [0.3, 0.4) is 0 Å². The van der Waals surface area contributed by atoms with E-state index in [0.717, 1.165) is 55.2 Å². The standard InChI is InChI=1S/C54H76N2O9/c1-4-5-6-7-8-9-10-11-12-13-14-15-16-17-22-27-49(57)55-39-24-19-23-28-50(58)56-41-47(64-52(61)38-37-51(59)60)40-48(56)54(42-25-20-18-21-26-42)65-53(43-29-33-45(62-2)34-30-43)44-31-35-46(63-3)36-32-44/h11-12,18,20-21,25-26,29-36,47-48,53-54H,4-10,13-17,19,22-24,27-28,37-41H2,1-3H3,(H,55,57)(H,59,60). The number of carboxylic acid groups (broad SMARTS) is 1. The number of carboxylic acids is 1. The van der Waals surface area contributed by atoms with Crippen LogP contribution in [-0.2, 0) is 28.7 Å². The van der Waals surface area contributed by atoms with Gasteiger partial charge < -0.3 is 34.3 Å². The first-order valence-corrected chi connectivity index (χ1v) is 24.3. The maximum Gasteiger partial charge on any atom is 0.306 e. The Bertz CT molecular complexity index is 1790. The van der Waals surface area contributed by atoms with Crippen molar-refractivity contribution in [3.63, 3.8) is 0 Å². The Kier molecular flexibility index (Phi) is 24.9. The molecule has 3 aromatic rings. The van der Waals surface area contributed by atoms with Gasteiger partial charge in [0.05, 0.1) is 39.6 Å². The highest BCUT2D eigenvalue weighted by Gasteiger charge is 2.43. The number of amides is 2. The van der Waals surface area contributed by atoms with Crippen molar-refractivity contribution < 1.29 is 43.2 Å². The second kappa shape index (κ2) is 30.9. The lowest BCUT2D eigenvalue weighted by Crippen LogP contribution is -2.40. The molecule has 356 valence electrons. The quantitative estimate of drug-likeness (QED) is 0.0347. The highest BCUT2D eigenvalue weighted by molar-refractivity contribution is 5.78. The summed E-state index contributed by atoms with van der Waals surface area (Å²) in [7, 11) is 3.24. The molecule has 0 bridgehead atoms. The largest absolute Gasteiger partial charge is 0.497 e. The number of rotatable bonds is 33. The molecule has 11 nitrogen and oxygen atoms in total. The Morgan fingerprint density at radius 1 is 0.662 bits per heavy atom. The predicted octanol–water partition coefficient (Wildman–Crippen LogP) is 11.6. The van der Waals surface area contributed by atoms with Crippen molar-refractivity contribution in [2.45, 2.75) is 166 Å². The van der Waals surface area contributed by atoms with Gasteiger partial charge in [-0.25, -0.2) is 0 Å². The van der Waals surface area contributed by atoms with E-state index in [4.69, 9.17) is 18.9 Å². The van der Waals surface area contributed by atoms with Crippen LogP contribution in [0, 0.1) is 0 Å². The molecule has 3 atom stereocenters. The molecule has 2 amide bonds. The first kappa shape index (κ1) is 52.5. The van der Waals surface area contributed by atoms with Crippen LogP contribution >= 0.6 is 0 Å². The van der Waals surface area contributed by atoms with Crippen LogP contribution in [0.5, 0.6) is 11.5 Å². The van der Waals surface area contributed by atoms with Crippen LogP contribution in [0.25, 0.3) is 0 Å². The molecule has 0 spiro atoms. The zero-order valence-corrected chi connectivity index (χ0v) is 39.4. The number of aliphatic carboxylic acids is 1. The van der Waals surface area contributed by atoms with E-state index < -0.39 is 36.3 Å². The number of esters is 1. The molecule has 0 saturated carbocycles. The molecule has 0 aromatic heterocycles. The zero-order chi connectivity index (χ0) is 46.5. The van der Waals surface area contributed by atoms with Crippen LogP contribution in [-0.4, -0.2) is 73.2 Å². The highest BCUT2D eigenvalue weighted by Crippen LogP contribution is 2.40. The molecule has 1 heterocycles. The van der Waals surface area contributed by atoms with Gasteiger partial charge in [0.15, 0.2) is 0 Å². The summed E-state index contributed by atoms with van der Waals surface area (Å²) < 4.78 is 23.9. The number of hydrogen-bond donors (Lipinski definition) is 2. The smallest absolute Gasteiger partial charge is 0.306 e. The summed E-state index contributed by atoms with van der Waals surface area (Å²) in [5.74, 6) is -0.284. The summed E-state index contributed by atoms with van der Waals surface area (Å²) >= 11 is 0. The Hall–Kier alpha value is -5.16. The van der Waals surface area contributed by atoms with Gasteiger partial charge in [0.25, 0.3) is 0 Å². The minimum Gasteiger partial charge on any atom is -0.497 e. The molecule has 3 aromatic carbocycles. The molecule has 2 N–H and O–H groups in total. The van der Waals surface area contributed by atoms with Gasteiger partial charge in [-0.3, -0.25) is 19.2 Å². The van der Waals surface area contributed by atoms with Gasteiger partial charge in [0.1, 0.15) is 29.8 Å². The number of allylic oxidation sites excluding steroid dienone is 2. The van der Waals surface area contributed by atoms with E-state index in [0.29, 0.717) is 37.3 Å². The number of benzene rings is 3. The van der Waals surface area contributed by atoms with Crippen molar-refractivity contribution in [1.82, 2.24) is 10.2 Å². The van der Waals surface area contributed by atoms with E-state index in [2.05, 4.69) is 24.4 Å². The normalized spacial score (nSPS) is 15.3. The van der Waals surface area contributed by atoms with Crippen molar-refractivity contribution in [2.75, 3.05) is 27.3 Å². The zero-order valence-electron chi connectivity index (χ0n) is 39.4. The molecule has 1 aliphatic heterocycles. The Morgan fingerprint density at radius 2 is 1.22 bits per heavy atom. The third kappa shape index (κ3) is 19.9. The molecular weight excluding hydrogens is 821 g/mol. The lowest BCUT2D eigenvalue weighted by Gasteiger charge is -2.35. The van der Waals surface area contributed by atoms with Gasteiger partial charge in [-0.1, -0.05) is 131 Å². The molecule has 1 saturated heterocycles. The SMILES string of the molecule is CCCCCCCCC=CCCCCCCCC(=O)NCCCCCC(=O)N1CC(OC(=O)CCC(=O)O)CC1C(OC(c1ccc(OC)cc1)c1ccc(OC)cc1)c1ccccc1. The second-order valence-corrected chi connectivity index (χ2v) is 17.2. The van der Waals surface area contributed by atoms with E-state index in [-0.39, 0.29) is 37.6 Å². The van der Waals surface area contributed by atoms with Crippen LogP contribution in [0.1, 0.15) is 171 Å². The molecule has 1 aliphatic rings. The molecular formula is C54H76N2O9. The number of carbonyl (C=O) groups excluding carboxylic acids is 3. The third-order valence-corrected chi connectivity index (χ3v) is 12.1. The van der Waals surface area contributed by atoms with Crippen LogP contribution in [0.4, 0.5) is 0 Å². The van der Waals surface area contributed by atoms with Gasteiger partial charge in [-0.05, 0) is 85.9 Å². The first-order chi connectivity index (χ1) is 31.7. The van der Waals surface area contributed by atoms with Crippen molar-refractivity contribution in [2.24, 2.45) is 0 Å². The molecule has 3 unspecified atom stereocenters. The number of nitrogens with one attached hydrogen (secondary N) is 1. The minimum absolute atomic E-state index is 0.0806. The number of nitrogens with zero attached hydrogens (tertiary/aromatic N) is 1. The number of carbonyl (C=O) groups is 4. The van der Waals surface area contributed by atoms with Gasteiger partial charge >= 0.3 is 11.9 Å². The van der Waals surface area contributed by atoms with Gasteiger partial charge in [0, 0.05) is 25.8 Å². The fourth-order valence-electron chi connectivity index (χ4n) is 8.42. The number of likely N-dealkylation sites (tertiary alicyclic amines) is 1. The van der Waals surface area contributed by atoms with Crippen molar-refractivity contribution in [1.29, 1.82) is 0 Å². The Labute approximate surface area is 388 Å². The van der Waals surface area contributed by atoms with E-state index >= 15 is 0 Å². The Morgan fingerprint density at radius 3 is 1.80 bits per heavy atom. The van der Waals surface area contributed by atoms with E-state index in [1.165, 1.54) is 57.8 Å². The monoisotopic (exact) mass is 897 g/mol. The van der Waals surface area contributed by atoms with Crippen molar-refractivity contribution in [3.05, 3.63) is 108 Å². The molecule has 4 rings (SSSR count). The summed E-state index contributed by atoms with van der Waals surface area (Å²) in [5, 5.41) is 12.2. The van der Waals surface area contributed by atoms with Crippen molar-refractivity contribution in [3.8, 4) is 11.5 Å². The minimum atomic E-state index is -1.08. The highest BCUT2D eigenvalue weighted by atomic mass is 16.5. The average molecular weight is 897 g/mol. The fourth-order valence-corrected chi connectivity index (χ4v) is 8.42. The van der Waals surface area contributed by atoms with Crippen LogP contribution in [0.15, 0.2) is 91.0 Å². The van der Waals surface area contributed by atoms with Gasteiger partial charge in [0.2, 0.25) is 11.8 Å². The van der Waals surface area contributed by atoms with E-state index in [1.54, 1.807) is 19.1 Å². The molecule has 0 aliphatic carbocycles. The summed E-state index contributed by atoms with van der Waals surface area (Å²) in [6.07, 6.45) is 21.5. The first-order valence-electron chi connectivity index (χ1n) is 24.3. The van der Waals surface area contributed by atoms with Gasteiger partial charge in [-0.2, -0.15) is 0 Å². The van der Waals surface area contributed by atoms with Crippen molar-refractivity contribution >= 4 is 23.8 Å². The summed E-state index contributed by atoms with van der Waals surface area (Å²) in [5.41, 5.74) is 2.62. The maximum atomic E-state index is 14.2. The number of unbranched alkanes of at least 4 members (excludes halogenated alkanes) is 13. The predicted molar refractivity (Wildman–Crippen MR) is 256 cm³/mol. The third-order valence-electron chi connectivity index (χ3n) is 12.1. The lowest BCUT2D eigenvalue weighted by atomic mass is 9.96. The summed E-state index contributed by atoms with van der Waals surface area (Å²) in [6.45, 7) is 2.99. The van der Waals surface area contributed by atoms with Gasteiger partial charge in [-0.15, -0.1) is 0 Å². The molecule has 0 radical (unpaired) electrons. The van der Waals surface area contributed by atoms with Crippen LogP contribution in [0.2, 0.25) is 0 Å². The maximum absolute atomic E-state index is 14.2. The summed E-state index contributed by atoms with van der Waals surface area (Å²) in [4.78, 5) is 52.6. The topological polar surface area (TPSA) is 141 Å². The Balaban J connectivity index is 1.31. The summed E-state index contributed by atoms with van der Waals surface area (Å²) in [6, 6.07) is 24.6. The molecule has 11 heteroatoms. The molecule has 65 heavy (non-hydrogen) atoms. The van der Waals surface area contributed by atoms with E-state index in [9.17, 15) is 24.3 Å². The second-order valence-electron chi connectivity index (χ2n) is 17.2. The number of hydrogen-bond acceptors (Lipinski definition) is 8. The number of methoxy groups -OCH3 is 2. The average Bonchev–Trinajstić information content (AvgIpc) is 3.74. The molecule has 1 fully saturated rings.